The number of carbonyl (C=O) groups is 1. The van der Waals surface area contributed by atoms with Gasteiger partial charge >= 0.3 is 5.97 Å². The maximum Gasteiger partial charge on any atom is 0.316 e. The van der Waals surface area contributed by atoms with Crippen molar-refractivity contribution < 1.29 is 9.53 Å². The number of benzene rings is 1. The zero-order chi connectivity index (χ0) is 19.9. The second-order valence-corrected chi connectivity index (χ2v) is 8.10. The molecule has 0 amide bonds. The van der Waals surface area contributed by atoms with Crippen LogP contribution in [0.5, 0.6) is 0 Å². The van der Waals surface area contributed by atoms with E-state index in [1.165, 1.54) is 18.2 Å². The number of esters is 1. The maximum absolute atomic E-state index is 12.3. The number of hydrogen-bond donors (Lipinski definition) is 0. The average molecular weight is 409 g/mol. The molecule has 1 aliphatic rings. The van der Waals surface area contributed by atoms with Gasteiger partial charge < -0.3 is 4.74 Å². The Kier molecular flexibility index (Phi) is 6.56. The van der Waals surface area contributed by atoms with Gasteiger partial charge in [0.05, 0.1) is 12.3 Å². The smallest absolute Gasteiger partial charge is 0.316 e. The van der Waals surface area contributed by atoms with E-state index < -0.39 is 0 Å². The van der Waals surface area contributed by atoms with Gasteiger partial charge in [-0.15, -0.1) is 10.2 Å². The van der Waals surface area contributed by atoms with Crippen LogP contribution in [0.25, 0.3) is 11.4 Å². The summed E-state index contributed by atoms with van der Waals surface area (Å²) in [5, 5.41) is 9.43. The Balaban J connectivity index is 1.50. The van der Waals surface area contributed by atoms with Gasteiger partial charge in [-0.2, -0.15) is 0 Å². The summed E-state index contributed by atoms with van der Waals surface area (Å²) in [6, 6.07) is 14.0. The summed E-state index contributed by atoms with van der Waals surface area (Å²) >= 11 is 1.37. The Hall–Kier alpha value is -2.67. The Labute approximate surface area is 174 Å². The number of nitrogens with zero attached hydrogens (tertiary/aromatic N) is 4. The molecule has 1 aliphatic carbocycles. The van der Waals surface area contributed by atoms with E-state index in [1.807, 2.05) is 34.9 Å². The van der Waals surface area contributed by atoms with Crippen molar-refractivity contribution in [1.29, 1.82) is 0 Å². The molecule has 0 unspecified atom stereocenters. The lowest BCUT2D eigenvalue weighted by molar-refractivity contribution is -0.147. The third kappa shape index (κ3) is 5.23. The highest BCUT2D eigenvalue weighted by Crippen LogP contribution is 2.26. The van der Waals surface area contributed by atoms with Gasteiger partial charge in [0.2, 0.25) is 0 Å². The van der Waals surface area contributed by atoms with Crippen molar-refractivity contribution in [3.05, 3.63) is 60.4 Å². The first-order valence-corrected chi connectivity index (χ1v) is 11.0. The van der Waals surface area contributed by atoms with E-state index in [0.29, 0.717) is 11.7 Å². The summed E-state index contributed by atoms with van der Waals surface area (Å²) in [4.78, 5) is 16.5. The SMILES string of the molecule is O=C(CSc1nnc(-c2cccnc2)n1Cc1ccccc1)OC1CCCCC1. The monoisotopic (exact) mass is 408 g/mol. The molecule has 1 fully saturated rings. The summed E-state index contributed by atoms with van der Waals surface area (Å²) in [6.07, 6.45) is 9.07. The Bertz CT molecular complexity index is 925. The molecule has 3 aromatic rings. The van der Waals surface area contributed by atoms with Crippen molar-refractivity contribution in [2.75, 3.05) is 5.75 Å². The highest BCUT2D eigenvalue weighted by molar-refractivity contribution is 7.99. The van der Waals surface area contributed by atoms with Crippen LogP contribution in [0.15, 0.2) is 60.0 Å². The van der Waals surface area contributed by atoms with Crippen LogP contribution in [0.2, 0.25) is 0 Å². The molecule has 29 heavy (non-hydrogen) atoms. The Morgan fingerprint density at radius 2 is 1.90 bits per heavy atom. The molecular weight excluding hydrogens is 384 g/mol. The number of ether oxygens (including phenoxy) is 1. The lowest BCUT2D eigenvalue weighted by atomic mass is 9.98. The highest BCUT2D eigenvalue weighted by atomic mass is 32.2. The van der Waals surface area contributed by atoms with E-state index in [9.17, 15) is 4.79 Å². The Morgan fingerprint density at radius 3 is 2.66 bits per heavy atom. The number of hydrogen-bond acceptors (Lipinski definition) is 6. The van der Waals surface area contributed by atoms with Crippen LogP contribution in [-0.4, -0.2) is 37.6 Å². The van der Waals surface area contributed by atoms with Gasteiger partial charge in [0.1, 0.15) is 6.10 Å². The second-order valence-electron chi connectivity index (χ2n) is 7.16. The molecule has 150 valence electrons. The second kappa shape index (κ2) is 9.69. The molecule has 4 rings (SSSR count). The van der Waals surface area contributed by atoms with Gasteiger partial charge in [-0.25, -0.2) is 0 Å². The lowest BCUT2D eigenvalue weighted by Crippen LogP contribution is -2.22. The van der Waals surface area contributed by atoms with Crippen molar-refractivity contribution in [1.82, 2.24) is 19.7 Å². The minimum Gasteiger partial charge on any atom is -0.462 e. The van der Waals surface area contributed by atoms with Crippen molar-refractivity contribution in [2.45, 2.75) is 49.9 Å². The summed E-state index contributed by atoms with van der Waals surface area (Å²) in [7, 11) is 0. The molecule has 0 aliphatic heterocycles. The van der Waals surface area contributed by atoms with Crippen molar-refractivity contribution in [3.8, 4) is 11.4 Å². The highest BCUT2D eigenvalue weighted by Gasteiger charge is 2.20. The fourth-order valence-electron chi connectivity index (χ4n) is 3.54. The minimum absolute atomic E-state index is 0.0741. The molecule has 6 nitrogen and oxygen atoms in total. The third-order valence-electron chi connectivity index (χ3n) is 4.99. The molecule has 1 aromatic carbocycles. The lowest BCUT2D eigenvalue weighted by Gasteiger charge is -2.21. The van der Waals surface area contributed by atoms with Crippen molar-refractivity contribution in [2.24, 2.45) is 0 Å². The fraction of sp³-hybridized carbons (Fsp3) is 0.364. The van der Waals surface area contributed by atoms with Gasteiger partial charge in [0, 0.05) is 18.0 Å². The molecule has 0 atom stereocenters. The van der Waals surface area contributed by atoms with Gasteiger partial charge in [-0.1, -0.05) is 48.5 Å². The van der Waals surface area contributed by atoms with E-state index in [4.69, 9.17) is 4.74 Å². The number of aromatic nitrogens is 4. The summed E-state index contributed by atoms with van der Waals surface area (Å²) in [5.41, 5.74) is 2.04. The van der Waals surface area contributed by atoms with E-state index >= 15 is 0 Å². The Morgan fingerprint density at radius 1 is 1.07 bits per heavy atom. The van der Waals surface area contributed by atoms with E-state index in [2.05, 4.69) is 27.3 Å². The van der Waals surface area contributed by atoms with Gasteiger partial charge in [0.25, 0.3) is 0 Å². The molecule has 2 heterocycles. The molecule has 7 heteroatoms. The summed E-state index contributed by atoms with van der Waals surface area (Å²) in [5.74, 6) is 0.792. The van der Waals surface area contributed by atoms with Gasteiger partial charge in [0.15, 0.2) is 11.0 Å². The molecule has 0 N–H and O–H groups in total. The molecule has 2 aromatic heterocycles. The first-order chi connectivity index (χ1) is 14.3. The standard InChI is InChI=1S/C22H24N4O2S/c27-20(28-19-11-5-2-6-12-19)16-29-22-25-24-21(18-10-7-13-23-14-18)26(22)15-17-8-3-1-4-9-17/h1,3-4,7-10,13-14,19H,2,5-6,11-12,15-16H2. The number of thioether (sulfide) groups is 1. The maximum atomic E-state index is 12.3. The van der Waals surface area contributed by atoms with Crippen LogP contribution in [0.1, 0.15) is 37.7 Å². The number of rotatable bonds is 7. The zero-order valence-corrected chi connectivity index (χ0v) is 17.1. The van der Waals surface area contributed by atoms with Crippen LogP contribution in [0, 0.1) is 0 Å². The quantitative estimate of drug-likeness (QED) is 0.427. The van der Waals surface area contributed by atoms with Crippen LogP contribution >= 0.6 is 11.8 Å². The molecule has 0 spiro atoms. The van der Waals surface area contributed by atoms with Crippen LogP contribution in [0.3, 0.4) is 0 Å². The number of pyridine rings is 1. The van der Waals surface area contributed by atoms with Crippen LogP contribution in [0.4, 0.5) is 0 Å². The van der Waals surface area contributed by atoms with Crippen LogP contribution in [-0.2, 0) is 16.1 Å². The normalized spacial score (nSPS) is 14.6. The third-order valence-corrected chi connectivity index (χ3v) is 5.93. The van der Waals surface area contributed by atoms with Crippen molar-refractivity contribution in [3.63, 3.8) is 0 Å². The van der Waals surface area contributed by atoms with E-state index in [0.717, 1.165) is 42.6 Å². The van der Waals surface area contributed by atoms with E-state index in [-0.39, 0.29) is 17.8 Å². The van der Waals surface area contributed by atoms with Gasteiger partial charge in [-0.3, -0.25) is 14.3 Å². The zero-order valence-electron chi connectivity index (χ0n) is 16.2. The topological polar surface area (TPSA) is 69.9 Å². The predicted molar refractivity (Wildman–Crippen MR) is 112 cm³/mol. The fourth-order valence-corrected chi connectivity index (χ4v) is 4.26. The number of carbonyl (C=O) groups excluding carboxylic acids is 1. The largest absolute Gasteiger partial charge is 0.462 e. The first kappa shape index (κ1) is 19.6. The summed E-state index contributed by atoms with van der Waals surface area (Å²) < 4.78 is 7.67. The molecular formula is C22H24N4O2S. The molecule has 0 radical (unpaired) electrons. The average Bonchev–Trinajstić information content (AvgIpc) is 3.17. The molecule has 1 saturated carbocycles. The van der Waals surface area contributed by atoms with E-state index in [1.54, 1.807) is 12.4 Å². The first-order valence-electron chi connectivity index (χ1n) is 9.99. The van der Waals surface area contributed by atoms with Gasteiger partial charge in [-0.05, 0) is 43.4 Å². The van der Waals surface area contributed by atoms with Crippen LogP contribution < -0.4 is 0 Å². The minimum atomic E-state index is -0.181. The van der Waals surface area contributed by atoms with Crippen molar-refractivity contribution >= 4 is 17.7 Å². The summed E-state index contributed by atoms with van der Waals surface area (Å²) in [6.45, 7) is 0.623. The predicted octanol–water partition coefficient (Wildman–Crippen LogP) is 4.36. The molecule has 0 bridgehead atoms. The molecule has 0 saturated heterocycles.